The van der Waals surface area contributed by atoms with Gasteiger partial charge in [0.15, 0.2) is 11.4 Å². The Kier molecular flexibility index (Phi) is 1.54. The van der Waals surface area contributed by atoms with E-state index in [1.54, 1.807) is 22.9 Å². The van der Waals surface area contributed by atoms with Crippen LogP contribution in [0.2, 0.25) is 0 Å². The quantitative estimate of drug-likeness (QED) is 0.554. The first kappa shape index (κ1) is 8.84. The van der Waals surface area contributed by atoms with Gasteiger partial charge < -0.3 is 14.7 Å². The minimum atomic E-state index is -0.423. The maximum Gasteiger partial charge on any atom is 0.220 e. The number of aromatic hydroxyl groups is 1. The van der Waals surface area contributed by atoms with Crippen LogP contribution in [0.15, 0.2) is 41.6 Å². The normalized spacial score (nSPS) is 11.2. The lowest BCUT2D eigenvalue weighted by atomic mass is 10.1. The number of nitrogens with zero attached hydrogens (tertiary/aromatic N) is 2. The monoisotopic (exact) mass is 216 g/mol. The van der Waals surface area contributed by atoms with Crippen LogP contribution < -0.4 is 5.43 Å². The summed E-state index contributed by atoms with van der Waals surface area (Å²) in [4.78, 5) is 11.3. The number of phenolic OH excluding ortho intramolecular Hbond substituents is 1. The van der Waals surface area contributed by atoms with Crippen molar-refractivity contribution in [3.05, 3.63) is 47.0 Å². The number of benzene rings is 1. The van der Waals surface area contributed by atoms with E-state index in [1.165, 1.54) is 18.3 Å². The summed E-state index contributed by atoms with van der Waals surface area (Å²) in [7, 11) is 0. The first-order valence-corrected chi connectivity index (χ1v) is 4.71. The summed E-state index contributed by atoms with van der Waals surface area (Å²) >= 11 is 0. The number of fused-ring (bicyclic) bond motifs is 3. The lowest BCUT2D eigenvalue weighted by Gasteiger charge is -2.08. The van der Waals surface area contributed by atoms with Crippen LogP contribution >= 0.6 is 0 Å². The summed E-state index contributed by atoms with van der Waals surface area (Å²) in [6, 6.07) is 4.46. The molecule has 0 unspecified atom stereocenters. The highest BCUT2D eigenvalue weighted by atomic mass is 16.5. The third-order valence-corrected chi connectivity index (χ3v) is 2.62. The van der Waals surface area contributed by atoms with Crippen molar-refractivity contribution in [1.29, 1.82) is 0 Å². The molecule has 0 saturated carbocycles. The molecule has 0 aromatic carbocycles. The van der Waals surface area contributed by atoms with Crippen LogP contribution in [-0.2, 0) is 0 Å². The number of rotatable bonds is 0. The van der Waals surface area contributed by atoms with Gasteiger partial charge >= 0.3 is 0 Å². The molecule has 0 bridgehead atoms. The van der Waals surface area contributed by atoms with Crippen molar-refractivity contribution >= 4 is 5.65 Å². The largest absolute Gasteiger partial charge is 0.504 e. The minimum absolute atomic E-state index is 0.318. The molecule has 0 radical (unpaired) electrons. The van der Waals surface area contributed by atoms with Gasteiger partial charge in [0, 0.05) is 18.0 Å². The van der Waals surface area contributed by atoms with E-state index in [4.69, 9.17) is 0 Å². The molecule has 0 spiro atoms. The zero-order valence-electron chi connectivity index (χ0n) is 8.16. The van der Waals surface area contributed by atoms with Crippen LogP contribution in [0.5, 0.6) is 5.75 Å². The van der Waals surface area contributed by atoms with Gasteiger partial charge in [0.1, 0.15) is 0 Å². The van der Waals surface area contributed by atoms with Crippen molar-refractivity contribution < 1.29 is 10.3 Å². The van der Waals surface area contributed by atoms with Gasteiger partial charge in [0.25, 0.3) is 0 Å². The molecule has 80 valence electrons. The number of aromatic nitrogens is 2. The highest BCUT2D eigenvalue weighted by Crippen LogP contribution is 2.27. The van der Waals surface area contributed by atoms with E-state index in [0.29, 0.717) is 16.8 Å². The Hall–Kier alpha value is -2.43. The fraction of sp³-hybridized carbons (Fsp3) is 0. The molecule has 0 fully saturated rings. The van der Waals surface area contributed by atoms with E-state index in [2.05, 4.69) is 0 Å². The average Bonchev–Trinajstić information content (AvgIpc) is 2.63. The first-order valence-electron chi connectivity index (χ1n) is 4.71. The number of pyridine rings is 1. The molecule has 2 N–H and O–H groups in total. The Bertz CT molecular complexity index is 711. The molecule has 2 aliphatic rings. The Morgan fingerprint density at radius 1 is 1.12 bits per heavy atom. The summed E-state index contributed by atoms with van der Waals surface area (Å²) in [6.45, 7) is 0. The van der Waals surface area contributed by atoms with Gasteiger partial charge in [-0.1, -0.05) is 0 Å². The van der Waals surface area contributed by atoms with E-state index in [9.17, 15) is 15.1 Å². The highest BCUT2D eigenvalue weighted by Gasteiger charge is 2.12. The standard InChI is InChI=1S/C11H8N2O3/c14-9-5-7-1-2-12-3-4-13(16)11(12)8(7)6-10(9)15/h1-6,15-16H. The highest BCUT2D eigenvalue weighted by molar-refractivity contribution is 5.80. The maximum absolute atomic E-state index is 11.3. The van der Waals surface area contributed by atoms with Gasteiger partial charge in [-0.05, 0) is 23.8 Å². The van der Waals surface area contributed by atoms with Crippen molar-refractivity contribution in [2.75, 3.05) is 0 Å². The molecule has 1 aliphatic heterocycles. The lowest BCUT2D eigenvalue weighted by Crippen LogP contribution is -2.03. The van der Waals surface area contributed by atoms with Gasteiger partial charge in [-0.15, -0.1) is 0 Å². The van der Waals surface area contributed by atoms with E-state index in [1.807, 2.05) is 0 Å². The molecular weight excluding hydrogens is 208 g/mol. The minimum Gasteiger partial charge on any atom is -0.504 e. The first-order chi connectivity index (χ1) is 7.66. The third kappa shape index (κ3) is 1.02. The molecule has 0 atom stereocenters. The maximum atomic E-state index is 11.3. The molecule has 3 rings (SSSR count). The number of phenols is 1. The van der Waals surface area contributed by atoms with Crippen LogP contribution in [0.1, 0.15) is 0 Å². The van der Waals surface area contributed by atoms with Crippen LogP contribution in [0, 0.1) is 0 Å². The summed E-state index contributed by atoms with van der Waals surface area (Å²) in [6.07, 6.45) is 4.90. The molecular formula is C11H8N2O3. The molecule has 5 nitrogen and oxygen atoms in total. The Morgan fingerprint density at radius 3 is 2.75 bits per heavy atom. The third-order valence-electron chi connectivity index (χ3n) is 2.62. The van der Waals surface area contributed by atoms with Gasteiger partial charge in [0.05, 0.1) is 6.20 Å². The molecule has 2 heterocycles. The SMILES string of the molecule is O=c1cc2ccn3ccn(O)c3c-2cc1O. The zero-order valence-corrected chi connectivity index (χ0v) is 8.16. The summed E-state index contributed by atoms with van der Waals surface area (Å²) < 4.78 is 2.65. The van der Waals surface area contributed by atoms with Gasteiger partial charge in [-0.2, -0.15) is 4.73 Å². The van der Waals surface area contributed by atoms with Crippen LogP contribution in [0.4, 0.5) is 0 Å². The molecule has 0 amide bonds. The molecule has 1 aromatic rings. The van der Waals surface area contributed by atoms with Crippen LogP contribution in [0.3, 0.4) is 0 Å². The van der Waals surface area contributed by atoms with Gasteiger partial charge in [0.2, 0.25) is 5.43 Å². The van der Waals surface area contributed by atoms with Crippen LogP contribution in [-0.4, -0.2) is 19.4 Å². The fourth-order valence-corrected chi connectivity index (χ4v) is 1.85. The smallest absolute Gasteiger partial charge is 0.220 e. The van der Waals surface area contributed by atoms with Gasteiger partial charge in [-0.3, -0.25) is 4.79 Å². The number of hydrogen-bond acceptors (Lipinski definition) is 3. The molecule has 0 saturated heterocycles. The molecule has 1 aliphatic carbocycles. The topological polar surface area (TPSA) is 66.9 Å². The molecule has 16 heavy (non-hydrogen) atoms. The number of hydrogen-bond donors (Lipinski definition) is 2. The fourth-order valence-electron chi connectivity index (χ4n) is 1.85. The van der Waals surface area contributed by atoms with Gasteiger partial charge in [-0.25, -0.2) is 0 Å². The average molecular weight is 216 g/mol. The van der Waals surface area contributed by atoms with Crippen molar-refractivity contribution in [2.24, 2.45) is 0 Å². The molecule has 1 aromatic heterocycles. The number of imidazole rings is 1. The second-order valence-electron chi connectivity index (χ2n) is 3.60. The summed E-state index contributed by atoms with van der Waals surface area (Å²) in [5, 5.41) is 19.0. The van der Waals surface area contributed by atoms with Crippen LogP contribution in [0.25, 0.3) is 16.8 Å². The predicted octanol–water partition coefficient (Wildman–Crippen LogP) is 1.15. The van der Waals surface area contributed by atoms with Crippen molar-refractivity contribution in [3.63, 3.8) is 0 Å². The predicted molar refractivity (Wildman–Crippen MR) is 57.1 cm³/mol. The summed E-state index contributed by atoms with van der Waals surface area (Å²) in [5.74, 6) is -0.318. The Labute approximate surface area is 89.7 Å². The second-order valence-corrected chi connectivity index (χ2v) is 3.60. The second kappa shape index (κ2) is 2.79. The Balaban J connectivity index is 2.58. The van der Waals surface area contributed by atoms with Crippen molar-refractivity contribution in [2.45, 2.75) is 0 Å². The Morgan fingerprint density at radius 2 is 1.94 bits per heavy atom. The lowest BCUT2D eigenvalue weighted by molar-refractivity contribution is 0.199. The molecule has 5 heteroatoms. The van der Waals surface area contributed by atoms with E-state index >= 15 is 0 Å². The van der Waals surface area contributed by atoms with Crippen molar-refractivity contribution in [3.8, 4) is 16.9 Å². The van der Waals surface area contributed by atoms with E-state index in [0.717, 1.165) is 4.73 Å². The summed E-state index contributed by atoms with van der Waals surface area (Å²) in [5.41, 5.74) is 1.38. The van der Waals surface area contributed by atoms with E-state index in [-0.39, 0.29) is 5.75 Å². The van der Waals surface area contributed by atoms with E-state index < -0.39 is 5.43 Å². The van der Waals surface area contributed by atoms with Crippen molar-refractivity contribution in [1.82, 2.24) is 9.13 Å². The zero-order chi connectivity index (χ0) is 11.3.